The van der Waals surface area contributed by atoms with Crippen LogP contribution in [-0.4, -0.2) is 23.7 Å². The lowest BCUT2D eigenvalue weighted by Crippen LogP contribution is -2.37. The summed E-state index contributed by atoms with van der Waals surface area (Å²) in [5, 5.41) is 15.6. The number of aromatic hydroxyl groups is 1. The summed E-state index contributed by atoms with van der Waals surface area (Å²) in [6, 6.07) is 8.37. The van der Waals surface area contributed by atoms with Crippen molar-refractivity contribution >= 4 is 17.1 Å². The third-order valence-electron chi connectivity index (χ3n) is 3.76. The Kier molecular flexibility index (Phi) is 4.65. The van der Waals surface area contributed by atoms with E-state index in [2.05, 4.69) is 15.6 Å². The monoisotopic (exact) mass is 339 g/mol. The van der Waals surface area contributed by atoms with Crippen LogP contribution in [0.25, 0.3) is 0 Å². The van der Waals surface area contributed by atoms with Crippen LogP contribution in [0.2, 0.25) is 0 Å². The minimum atomic E-state index is -0.543. The molecular formula is C18H17N3O4. The summed E-state index contributed by atoms with van der Waals surface area (Å²) in [5.41, 5.74) is 0.983. The fourth-order valence-electron chi connectivity index (χ4n) is 2.50. The van der Waals surface area contributed by atoms with Crippen LogP contribution in [0.1, 0.15) is 5.56 Å². The van der Waals surface area contributed by atoms with Gasteiger partial charge in [-0.25, -0.2) is 0 Å². The maximum atomic E-state index is 11.8. The quantitative estimate of drug-likeness (QED) is 0.564. The first-order chi connectivity index (χ1) is 12.1. The number of nitrogens with zero attached hydrogens (tertiary/aromatic N) is 1. The maximum absolute atomic E-state index is 11.8. The van der Waals surface area contributed by atoms with E-state index < -0.39 is 10.9 Å². The summed E-state index contributed by atoms with van der Waals surface area (Å²) in [6.45, 7) is 0.433. The lowest BCUT2D eigenvalue weighted by atomic mass is 10.1. The zero-order valence-electron chi connectivity index (χ0n) is 13.6. The highest BCUT2D eigenvalue weighted by Gasteiger charge is 2.20. The van der Waals surface area contributed by atoms with Crippen molar-refractivity contribution < 1.29 is 9.84 Å². The van der Waals surface area contributed by atoms with Gasteiger partial charge in [-0.15, -0.1) is 0 Å². The average molecular weight is 339 g/mol. The SMILES string of the molecule is COc1cc(O)cc(CCNc2c(Nc3ccncc3)c(=O)c2=O)c1. The minimum Gasteiger partial charge on any atom is -0.508 e. The van der Waals surface area contributed by atoms with Crippen molar-refractivity contribution in [3.05, 3.63) is 68.7 Å². The van der Waals surface area contributed by atoms with Crippen molar-refractivity contribution in [2.24, 2.45) is 0 Å². The number of phenols is 1. The molecule has 0 atom stereocenters. The zero-order chi connectivity index (χ0) is 17.8. The number of hydrogen-bond acceptors (Lipinski definition) is 7. The zero-order valence-corrected chi connectivity index (χ0v) is 13.6. The van der Waals surface area contributed by atoms with Gasteiger partial charge < -0.3 is 20.5 Å². The van der Waals surface area contributed by atoms with Gasteiger partial charge in [0.2, 0.25) is 0 Å². The Morgan fingerprint density at radius 1 is 1.08 bits per heavy atom. The number of ether oxygens (including phenoxy) is 1. The number of phenolic OH excluding ortho intramolecular Hbond substituents is 1. The van der Waals surface area contributed by atoms with Gasteiger partial charge in [0.15, 0.2) is 0 Å². The Balaban J connectivity index is 1.66. The Labute approximate surface area is 143 Å². The molecule has 0 saturated carbocycles. The third kappa shape index (κ3) is 3.60. The standard InChI is InChI=1S/C18H17N3O4/c1-25-14-9-11(8-13(22)10-14)2-7-20-15-16(18(24)17(15)23)21-12-3-5-19-6-4-12/h3-6,8-10,20,22H,2,7H2,1H3,(H,19,21). The number of benzene rings is 1. The molecule has 1 heterocycles. The van der Waals surface area contributed by atoms with Crippen LogP contribution in [0.4, 0.5) is 17.1 Å². The summed E-state index contributed by atoms with van der Waals surface area (Å²) < 4.78 is 5.11. The Morgan fingerprint density at radius 3 is 2.52 bits per heavy atom. The first kappa shape index (κ1) is 16.5. The summed E-state index contributed by atoms with van der Waals surface area (Å²) in [5.74, 6) is 0.674. The average Bonchev–Trinajstić information content (AvgIpc) is 2.63. The number of nitrogens with one attached hydrogen (secondary N) is 2. The molecule has 0 bridgehead atoms. The van der Waals surface area contributed by atoms with E-state index in [1.807, 2.05) is 0 Å². The lowest BCUT2D eigenvalue weighted by molar-refractivity contribution is 0.407. The van der Waals surface area contributed by atoms with Gasteiger partial charge in [-0.2, -0.15) is 0 Å². The summed E-state index contributed by atoms with van der Waals surface area (Å²) in [4.78, 5) is 27.4. The third-order valence-corrected chi connectivity index (χ3v) is 3.76. The van der Waals surface area contributed by atoms with Gasteiger partial charge >= 0.3 is 0 Å². The van der Waals surface area contributed by atoms with Crippen LogP contribution in [0.3, 0.4) is 0 Å². The normalized spacial score (nSPS) is 10.6. The molecule has 0 radical (unpaired) electrons. The first-order valence-corrected chi connectivity index (χ1v) is 7.69. The number of anilines is 3. The van der Waals surface area contributed by atoms with E-state index in [1.165, 1.54) is 13.2 Å². The molecule has 0 unspecified atom stereocenters. The fourth-order valence-corrected chi connectivity index (χ4v) is 2.50. The largest absolute Gasteiger partial charge is 0.508 e. The molecule has 0 aliphatic heterocycles. The van der Waals surface area contributed by atoms with E-state index in [-0.39, 0.29) is 17.1 Å². The van der Waals surface area contributed by atoms with Gasteiger partial charge in [-0.3, -0.25) is 14.6 Å². The summed E-state index contributed by atoms with van der Waals surface area (Å²) in [7, 11) is 1.53. The molecule has 0 aliphatic rings. The molecule has 2 aromatic carbocycles. The predicted molar refractivity (Wildman–Crippen MR) is 95.7 cm³/mol. The molecule has 0 aliphatic carbocycles. The van der Waals surface area contributed by atoms with Crippen molar-refractivity contribution in [1.82, 2.24) is 4.98 Å². The highest BCUT2D eigenvalue weighted by molar-refractivity contribution is 5.78. The van der Waals surface area contributed by atoms with Crippen molar-refractivity contribution in [2.45, 2.75) is 6.42 Å². The molecule has 0 saturated heterocycles. The van der Waals surface area contributed by atoms with E-state index in [1.54, 1.807) is 36.7 Å². The number of hydrogen-bond donors (Lipinski definition) is 3. The molecule has 3 N–H and O–H groups in total. The molecule has 7 heteroatoms. The van der Waals surface area contributed by atoms with Crippen LogP contribution in [-0.2, 0) is 6.42 Å². The smallest absolute Gasteiger partial charge is 0.253 e. The molecule has 0 fully saturated rings. The molecule has 3 aromatic rings. The van der Waals surface area contributed by atoms with Crippen molar-refractivity contribution in [3.8, 4) is 11.5 Å². The molecule has 25 heavy (non-hydrogen) atoms. The summed E-state index contributed by atoms with van der Waals surface area (Å²) in [6.07, 6.45) is 3.74. The van der Waals surface area contributed by atoms with Crippen LogP contribution in [0.15, 0.2) is 52.3 Å². The number of methoxy groups -OCH3 is 1. The second-order valence-corrected chi connectivity index (χ2v) is 5.49. The topological polar surface area (TPSA) is 101 Å². The molecule has 0 spiro atoms. The molecule has 3 rings (SSSR count). The Morgan fingerprint density at radius 2 is 1.80 bits per heavy atom. The van der Waals surface area contributed by atoms with Crippen LogP contribution < -0.4 is 26.2 Å². The highest BCUT2D eigenvalue weighted by Crippen LogP contribution is 2.23. The maximum Gasteiger partial charge on any atom is 0.253 e. The van der Waals surface area contributed by atoms with E-state index >= 15 is 0 Å². The molecule has 0 amide bonds. The predicted octanol–water partition coefficient (Wildman–Crippen LogP) is 1.79. The van der Waals surface area contributed by atoms with E-state index in [9.17, 15) is 14.7 Å². The van der Waals surface area contributed by atoms with Gasteiger partial charge in [0.1, 0.15) is 22.9 Å². The van der Waals surface area contributed by atoms with Gasteiger partial charge in [0, 0.05) is 30.7 Å². The molecule has 7 nitrogen and oxygen atoms in total. The van der Waals surface area contributed by atoms with E-state index in [0.29, 0.717) is 24.4 Å². The first-order valence-electron chi connectivity index (χ1n) is 7.69. The number of pyridine rings is 1. The van der Waals surface area contributed by atoms with Gasteiger partial charge in [-0.1, -0.05) is 0 Å². The second kappa shape index (κ2) is 7.04. The van der Waals surface area contributed by atoms with E-state index in [0.717, 1.165) is 5.56 Å². The summed E-state index contributed by atoms with van der Waals surface area (Å²) >= 11 is 0. The molecule has 1 aromatic heterocycles. The van der Waals surface area contributed by atoms with E-state index in [4.69, 9.17) is 4.74 Å². The van der Waals surface area contributed by atoms with Crippen molar-refractivity contribution in [2.75, 3.05) is 24.3 Å². The van der Waals surface area contributed by atoms with Crippen molar-refractivity contribution in [3.63, 3.8) is 0 Å². The highest BCUT2D eigenvalue weighted by atomic mass is 16.5. The number of aromatic nitrogens is 1. The molecule has 128 valence electrons. The van der Waals surface area contributed by atoms with Gasteiger partial charge in [0.25, 0.3) is 10.9 Å². The fraction of sp³-hybridized carbons (Fsp3) is 0.167. The number of rotatable bonds is 7. The van der Waals surface area contributed by atoms with Crippen LogP contribution in [0, 0.1) is 0 Å². The Hall–Kier alpha value is -3.35. The lowest BCUT2D eigenvalue weighted by Gasteiger charge is -2.15. The Bertz CT molecular complexity index is 947. The van der Waals surface area contributed by atoms with Crippen molar-refractivity contribution in [1.29, 1.82) is 0 Å². The second-order valence-electron chi connectivity index (χ2n) is 5.49. The van der Waals surface area contributed by atoms with Gasteiger partial charge in [-0.05, 0) is 36.2 Å². The molecular weight excluding hydrogens is 322 g/mol. The van der Waals surface area contributed by atoms with Crippen LogP contribution in [0.5, 0.6) is 11.5 Å². The van der Waals surface area contributed by atoms with Crippen LogP contribution >= 0.6 is 0 Å². The van der Waals surface area contributed by atoms with Gasteiger partial charge in [0.05, 0.1) is 7.11 Å². The minimum absolute atomic E-state index is 0.114.